The van der Waals surface area contributed by atoms with Gasteiger partial charge in [-0.3, -0.25) is 4.79 Å². The summed E-state index contributed by atoms with van der Waals surface area (Å²) in [6.07, 6.45) is 0. The summed E-state index contributed by atoms with van der Waals surface area (Å²) in [6, 6.07) is 15.5. The van der Waals surface area contributed by atoms with Crippen LogP contribution in [0.5, 0.6) is 5.75 Å². The number of benzene rings is 2. The molecule has 1 aromatic heterocycles. The number of aryl methyl sites for hydroxylation is 1. The van der Waals surface area contributed by atoms with Crippen molar-refractivity contribution in [3.63, 3.8) is 0 Å². The zero-order valence-corrected chi connectivity index (χ0v) is 16.0. The average Bonchev–Trinajstić information content (AvgIpc) is 3.12. The topological polar surface area (TPSA) is 51.2 Å². The Kier molecular flexibility index (Phi) is 5.68. The Morgan fingerprint density at radius 3 is 2.62 bits per heavy atom. The summed E-state index contributed by atoms with van der Waals surface area (Å²) in [7, 11) is 0. The molecule has 1 heterocycles. The fraction of sp³-hybridized carbons (Fsp3) is 0.238. The van der Waals surface area contributed by atoms with Crippen LogP contribution in [0, 0.1) is 12.8 Å². The predicted molar refractivity (Wildman–Crippen MR) is 107 cm³/mol. The summed E-state index contributed by atoms with van der Waals surface area (Å²) < 4.78 is 5.90. The SMILES string of the molecule is Cc1ccc(NC(=O)c2csc(-c3ccccc3OCC(C)C)n2)cc1. The van der Waals surface area contributed by atoms with Gasteiger partial charge in [-0.15, -0.1) is 11.3 Å². The maximum atomic E-state index is 12.4. The van der Waals surface area contributed by atoms with Crippen LogP contribution in [0.4, 0.5) is 5.69 Å². The van der Waals surface area contributed by atoms with E-state index in [4.69, 9.17) is 4.74 Å². The van der Waals surface area contributed by atoms with Crippen LogP contribution in [0.2, 0.25) is 0 Å². The Morgan fingerprint density at radius 1 is 1.15 bits per heavy atom. The number of hydrogen-bond acceptors (Lipinski definition) is 4. The fourth-order valence-electron chi connectivity index (χ4n) is 2.36. The van der Waals surface area contributed by atoms with E-state index in [2.05, 4.69) is 24.1 Å². The van der Waals surface area contributed by atoms with Crippen LogP contribution in [0.25, 0.3) is 10.6 Å². The predicted octanol–water partition coefficient (Wildman–Crippen LogP) is 5.41. The van der Waals surface area contributed by atoms with E-state index >= 15 is 0 Å². The minimum atomic E-state index is -0.211. The minimum Gasteiger partial charge on any atom is -0.493 e. The third kappa shape index (κ3) is 4.49. The summed E-state index contributed by atoms with van der Waals surface area (Å²) in [5, 5.41) is 5.43. The molecule has 0 unspecified atom stereocenters. The number of ether oxygens (including phenoxy) is 1. The summed E-state index contributed by atoms with van der Waals surface area (Å²) in [4.78, 5) is 17.0. The summed E-state index contributed by atoms with van der Waals surface area (Å²) in [5.41, 5.74) is 3.23. The van der Waals surface area contributed by atoms with Crippen LogP contribution < -0.4 is 10.1 Å². The molecule has 4 nitrogen and oxygen atoms in total. The number of nitrogens with zero attached hydrogens (tertiary/aromatic N) is 1. The Morgan fingerprint density at radius 2 is 1.88 bits per heavy atom. The first-order valence-corrected chi connectivity index (χ1v) is 9.46. The number of carbonyl (C=O) groups is 1. The van der Waals surface area contributed by atoms with E-state index in [0.717, 1.165) is 27.6 Å². The molecule has 26 heavy (non-hydrogen) atoms. The molecule has 0 radical (unpaired) electrons. The van der Waals surface area contributed by atoms with Crippen molar-refractivity contribution in [1.29, 1.82) is 0 Å². The molecule has 0 aliphatic rings. The number of para-hydroxylation sites is 1. The molecule has 134 valence electrons. The zero-order chi connectivity index (χ0) is 18.5. The molecule has 3 aromatic rings. The normalized spacial score (nSPS) is 10.8. The van der Waals surface area contributed by atoms with E-state index in [1.54, 1.807) is 5.38 Å². The molecular weight excluding hydrogens is 344 g/mol. The summed E-state index contributed by atoms with van der Waals surface area (Å²) >= 11 is 1.44. The van der Waals surface area contributed by atoms with Crippen LogP contribution >= 0.6 is 11.3 Å². The maximum absolute atomic E-state index is 12.4. The van der Waals surface area contributed by atoms with Crippen molar-refractivity contribution >= 4 is 22.9 Å². The second-order valence-corrected chi connectivity index (χ2v) is 7.42. The van der Waals surface area contributed by atoms with Gasteiger partial charge in [-0.1, -0.05) is 43.7 Å². The quantitative estimate of drug-likeness (QED) is 0.635. The Bertz CT molecular complexity index is 885. The lowest BCUT2D eigenvalue weighted by Gasteiger charge is -2.11. The number of hydrogen-bond donors (Lipinski definition) is 1. The smallest absolute Gasteiger partial charge is 0.275 e. The van der Waals surface area contributed by atoms with Gasteiger partial charge in [0.1, 0.15) is 16.5 Å². The van der Waals surface area contributed by atoms with Crippen molar-refractivity contribution in [1.82, 2.24) is 4.98 Å². The van der Waals surface area contributed by atoms with Crippen molar-refractivity contribution in [2.75, 3.05) is 11.9 Å². The Labute approximate surface area is 157 Å². The zero-order valence-electron chi connectivity index (χ0n) is 15.2. The molecule has 1 amide bonds. The van der Waals surface area contributed by atoms with E-state index in [9.17, 15) is 4.79 Å². The molecule has 5 heteroatoms. The third-order valence-electron chi connectivity index (χ3n) is 3.74. The van der Waals surface area contributed by atoms with Gasteiger partial charge >= 0.3 is 0 Å². The lowest BCUT2D eigenvalue weighted by Crippen LogP contribution is -2.12. The number of nitrogens with one attached hydrogen (secondary N) is 1. The van der Waals surface area contributed by atoms with Crippen molar-refractivity contribution in [2.24, 2.45) is 5.92 Å². The summed E-state index contributed by atoms with van der Waals surface area (Å²) in [5.74, 6) is 1.02. The van der Waals surface area contributed by atoms with Crippen molar-refractivity contribution in [3.05, 3.63) is 65.2 Å². The molecule has 0 atom stereocenters. The first-order chi connectivity index (χ1) is 12.5. The first kappa shape index (κ1) is 18.1. The molecule has 0 bridgehead atoms. The lowest BCUT2D eigenvalue weighted by atomic mass is 10.2. The highest BCUT2D eigenvalue weighted by molar-refractivity contribution is 7.13. The molecule has 0 aliphatic carbocycles. The summed E-state index contributed by atoms with van der Waals surface area (Å²) in [6.45, 7) is 6.87. The molecule has 2 aromatic carbocycles. The van der Waals surface area contributed by atoms with E-state index in [-0.39, 0.29) is 5.91 Å². The van der Waals surface area contributed by atoms with Crippen LogP contribution in [-0.4, -0.2) is 17.5 Å². The van der Waals surface area contributed by atoms with Crippen molar-refractivity contribution < 1.29 is 9.53 Å². The second kappa shape index (κ2) is 8.15. The molecule has 3 rings (SSSR count). The van der Waals surface area contributed by atoms with Gasteiger partial charge in [0.15, 0.2) is 0 Å². The highest BCUT2D eigenvalue weighted by Crippen LogP contribution is 2.32. The van der Waals surface area contributed by atoms with Gasteiger partial charge in [0.25, 0.3) is 5.91 Å². The van der Waals surface area contributed by atoms with Crippen LogP contribution in [0.15, 0.2) is 53.9 Å². The first-order valence-electron chi connectivity index (χ1n) is 8.58. The average molecular weight is 366 g/mol. The van der Waals surface area contributed by atoms with E-state index in [1.165, 1.54) is 11.3 Å². The molecule has 0 saturated heterocycles. The minimum absolute atomic E-state index is 0.211. The fourth-order valence-corrected chi connectivity index (χ4v) is 3.19. The van der Waals surface area contributed by atoms with Gasteiger partial charge in [0, 0.05) is 11.1 Å². The highest BCUT2D eigenvalue weighted by atomic mass is 32.1. The maximum Gasteiger partial charge on any atom is 0.275 e. The van der Waals surface area contributed by atoms with Crippen LogP contribution in [-0.2, 0) is 0 Å². The van der Waals surface area contributed by atoms with E-state index < -0.39 is 0 Å². The number of thiazole rings is 1. The Hall–Kier alpha value is -2.66. The molecular formula is C21H22N2O2S. The Balaban J connectivity index is 1.77. The van der Waals surface area contributed by atoms with Gasteiger partial charge in [-0.25, -0.2) is 4.98 Å². The van der Waals surface area contributed by atoms with Crippen LogP contribution in [0.1, 0.15) is 29.9 Å². The number of amides is 1. The van der Waals surface area contributed by atoms with E-state index in [1.807, 2.05) is 55.5 Å². The van der Waals surface area contributed by atoms with Crippen molar-refractivity contribution in [2.45, 2.75) is 20.8 Å². The standard InChI is InChI=1S/C21H22N2O2S/c1-14(2)12-25-19-7-5-4-6-17(19)21-23-18(13-26-21)20(24)22-16-10-8-15(3)9-11-16/h4-11,13-14H,12H2,1-3H3,(H,22,24). The van der Waals surface area contributed by atoms with Gasteiger partial charge in [-0.2, -0.15) is 0 Å². The number of aromatic nitrogens is 1. The molecule has 1 N–H and O–H groups in total. The van der Waals surface area contributed by atoms with E-state index in [0.29, 0.717) is 18.2 Å². The van der Waals surface area contributed by atoms with Crippen LogP contribution in [0.3, 0.4) is 0 Å². The lowest BCUT2D eigenvalue weighted by molar-refractivity contribution is 0.102. The third-order valence-corrected chi connectivity index (χ3v) is 4.61. The second-order valence-electron chi connectivity index (χ2n) is 6.56. The molecule has 0 fully saturated rings. The highest BCUT2D eigenvalue weighted by Gasteiger charge is 2.15. The van der Waals surface area contributed by atoms with Gasteiger partial charge in [-0.05, 0) is 37.1 Å². The number of anilines is 1. The number of rotatable bonds is 6. The number of carbonyl (C=O) groups excluding carboxylic acids is 1. The largest absolute Gasteiger partial charge is 0.493 e. The monoisotopic (exact) mass is 366 g/mol. The van der Waals surface area contributed by atoms with Gasteiger partial charge < -0.3 is 10.1 Å². The van der Waals surface area contributed by atoms with Gasteiger partial charge in [0.05, 0.1) is 12.2 Å². The molecule has 0 spiro atoms. The molecule has 0 aliphatic heterocycles. The molecule has 0 saturated carbocycles. The van der Waals surface area contributed by atoms with Gasteiger partial charge in [0.2, 0.25) is 0 Å². The van der Waals surface area contributed by atoms with Crippen molar-refractivity contribution in [3.8, 4) is 16.3 Å².